The minimum absolute atomic E-state index is 0.0792. The van der Waals surface area contributed by atoms with Crippen LogP contribution in [0.2, 0.25) is 0 Å². The standard InChI is InChI=1S/C36H45N7O7S/c1-5-22-19-37-33-27-15-21(11-14-26(22)27)9-7-8-10-24-16-29(41-40-24)38-31(20(3)4)34(45)43-28(17-30(49-33)50-43)32(44)39-36(18-23(36)6-2)35(46)42-51(47,48)25-12-13-25/h6,11,14-16,19-20,23,25,28,30-31H,2,5,7-10,12-13,17-18H2,1,3-4H3,(H,39,44)(H,42,46)(H2,38,40,41)/t23-,28+,30-,31+,36-/m1/s1. The Kier molecular flexibility index (Phi) is 9.29. The van der Waals surface area contributed by atoms with Gasteiger partial charge in [-0.3, -0.25) is 24.2 Å². The van der Waals surface area contributed by atoms with Crippen molar-refractivity contribution in [1.29, 1.82) is 0 Å². The van der Waals surface area contributed by atoms with Gasteiger partial charge in [-0.25, -0.2) is 23.3 Å². The van der Waals surface area contributed by atoms with Crippen LogP contribution in [0.3, 0.4) is 0 Å². The second kappa shape index (κ2) is 13.6. The molecule has 15 heteroatoms. The molecule has 3 amide bonds. The number of rotatable bonds is 8. The van der Waals surface area contributed by atoms with Crippen LogP contribution in [0, 0.1) is 11.8 Å². The molecule has 1 aromatic carbocycles. The van der Waals surface area contributed by atoms with Gasteiger partial charge >= 0.3 is 0 Å². The maximum absolute atomic E-state index is 14.4. The van der Waals surface area contributed by atoms with E-state index in [-0.39, 0.29) is 18.8 Å². The fourth-order valence-corrected chi connectivity index (χ4v) is 8.39. The lowest BCUT2D eigenvalue weighted by Gasteiger charge is -2.29. The number of ether oxygens (including phenoxy) is 1. The summed E-state index contributed by atoms with van der Waals surface area (Å²) in [5, 5.41) is 15.7. The number of anilines is 1. The second-order valence-electron chi connectivity index (χ2n) is 14.4. The molecular weight excluding hydrogens is 675 g/mol. The topological polar surface area (TPSA) is 185 Å². The maximum Gasteiger partial charge on any atom is 0.269 e. The molecular formula is C36H45N7O7S. The van der Waals surface area contributed by atoms with Crippen molar-refractivity contribution in [2.75, 3.05) is 5.32 Å². The van der Waals surface area contributed by atoms with Crippen molar-refractivity contribution in [3.63, 3.8) is 0 Å². The number of benzene rings is 1. The Morgan fingerprint density at radius 1 is 1.18 bits per heavy atom. The molecule has 0 spiro atoms. The summed E-state index contributed by atoms with van der Waals surface area (Å²) in [7, 11) is -3.88. The van der Waals surface area contributed by atoms with Gasteiger partial charge in [0.1, 0.15) is 23.4 Å². The van der Waals surface area contributed by atoms with Crippen molar-refractivity contribution in [1.82, 2.24) is 30.3 Å². The number of aryl methyl sites for hydroxylation is 3. The number of H-pyrrole nitrogens is 1. The molecule has 2 saturated carbocycles. The van der Waals surface area contributed by atoms with E-state index >= 15 is 0 Å². The van der Waals surface area contributed by atoms with Gasteiger partial charge in [-0.2, -0.15) is 5.10 Å². The van der Waals surface area contributed by atoms with Crippen molar-refractivity contribution in [3.8, 4) is 5.88 Å². The Labute approximate surface area is 297 Å². The third kappa shape index (κ3) is 6.93. The molecule has 7 rings (SSSR count). The van der Waals surface area contributed by atoms with Gasteiger partial charge in [0, 0.05) is 35.7 Å². The molecule has 6 bridgehead atoms. The lowest BCUT2D eigenvalue weighted by Crippen LogP contribution is -2.57. The lowest BCUT2D eigenvalue weighted by molar-refractivity contribution is -0.217. The van der Waals surface area contributed by atoms with E-state index in [1.807, 2.05) is 19.9 Å². The van der Waals surface area contributed by atoms with Crippen LogP contribution < -0.4 is 20.1 Å². The van der Waals surface area contributed by atoms with Gasteiger partial charge in [-0.05, 0) is 79.9 Å². The molecule has 2 aliphatic heterocycles. The number of pyridine rings is 1. The number of sulfonamides is 1. The Morgan fingerprint density at radius 3 is 2.67 bits per heavy atom. The van der Waals surface area contributed by atoms with Gasteiger partial charge < -0.3 is 15.4 Å². The minimum Gasteiger partial charge on any atom is -0.445 e. The summed E-state index contributed by atoms with van der Waals surface area (Å²) in [6, 6.07) is 6.09. The summed E-state index contributed by atoms with van der Waals surface area (Å²) in [5.74, 6) is -1.99. The first-order valence-electron chi connectivity index (χ1n) is 17.8. The van der Waals surface area contributed by atoms with E-state index in [1.165, 1.54) is 6.08 Å². The molecule has 0 radical (unpaired) electrons. The summed E-state index contributed by atoms with van der Waals surface area (Å²) in [5.41, 5.74) is 1.58. The zero-order chi connectivity index (χ0) is 36.1. The Hall–Kier alpha value is -4.50. The van der Waals surface area contributed by atoms with Crippen LogP contribution in [0.5, 0.6) is 5.88 Å². The van der Waals surface area contributed by atoms with Crippen molar-refractivity contribution in [3.05, 3.63) is 59.9 Å². The van der Waals surface area contributed by atoms with Gasteiger partial charge in [0.2, 0.25) is 28.1 Å². The molecule has 4 heterocycles. The predicted molar refractivity (Wildman–Crippen MR) is 189 cm³/mol. The monoisotopic (exact) mass is 719 g/mol. The Bertz CT molecular complexity index is 1980. The molecule has 4 aliphatic rings. The first-order valence-corrected chi connectivity index (χ1v) is 19.4. The third-order valence-electron chi connectivity index (χ3n) is 10.3. The fraction of sp³-hybridized carbons (Fsp3) is 0.528. The smallest absolute Gasteiger partial charge is 0.269 e. The molecule has 272 valence electrons. The number of aromatic nitrogens is 3. The third-order valence-corrected chi connectivity index (χ3v) is 12.2. The van der Waals surface area contributed by atoms with Gasteiger partial charge in [-0.1, -0.05) is 39.0 Å². The van der Waals surface area contributed by atoms with Crippen LogP contribution in [-0.4, -0.2) is 75.5 Å². The molecule has 0 unspecified atom stereocenters. The number of nitrogens with one attached hydrogen (secondary N) is 4. The van der Waals surface area contributed by atoms with E-state index in [4.69, 9.17) is 9.57 Å². The zero-order valence-corrected chi connectivity index (χ0v) is 29.9. The predicted octanol–water partition coefficient (Wildman–Crippen LogP) is 3.44. The van der Waals surface area contributed by atoms with Gasteiger partial charge in [0.05, 0.1) is 5.25 Å². The number of carbonyl (C=O) groups is 3. The molecule has 14 nitrogen and oxygen atoms in total. The highest BCUT2D eigenvalue weighted by Crippen LogP contribution is 2.45. The van der Waals surface area contributed by atoms with Crippen molar-refractivity contribution < 1.29 is 32.4 Å². The van der Waals surface area contributed by atoms with Gasteiger partial charge in [0.15, 0.2) is 0 Å². The molecule has 3 fully saturated rings. The summed E-state index contributed by atoms with van der Waals surface area (Å²) >= 11 is 0. The highest BCUT2D eigenvalue weighted by Gasteiger charge is 2.62. The highest BCUT2D eigenvalue weighted by molar-refractivity contribution is 7.91. The average Bonchev–Trinajstić information content (AvgIpc) is 4.00. The number of aromatic amines is 1. The molecule has 2 aliphatic carbocycles. The number of carbonyl (C=O) groups excluding carboxylic acids is 3. The number of fused-ring (bicyclic) bond motifs is 5. The van der Waals surface area contributed by atoms with E-state index in [9.17, 15) is 22.8 Å². The Balaban J connectivity index is 1.23. The van der Waals surface area contributed by atoms with Crippen LogP contribution in [0.4, 0.5) is 5.82 Å². The van der Waals surface area contributed by atoms with E-state index in [0.29, 0.717) is 24.5 Å². The van der Waals surface area contributed by atoms with Crippen LogP contribution in [0.25, 0.3) is 10.8 Å². The quantitative estimate of drug-likeness (QED) is 0.252. The van der Waals surface area contributed by atoms with E-state index < -0.39 is 62.8 Å². The number of hydrogen-bond donors (Lipinski definition) is 4. The number of hydrogen-bond acceptors (Lipinski definition) is 10. The van der Waals surface area contributed by atoms with Crippen molar-refractivity contribution in [2.45, 2.75) is 108 Å². The largest absolute Gasteiger partial charge is 0.445 e. The zero-order valence-electron chi connectivity index (χ0n) is 29.1. The fourth-order valence-electron chi connectivity index (χ4n) is 7.03. The number of nitrogens with zero attached hydrogens (tertiary/aromatic N) is 3. The van der Waals surface area contributed by atoms with Crippen LogP contribution in [0.1, 0.15) is 76.1 Å². The molecule has 5 atom stereocenters. The summed E-state index contributed by atoms with van der Waals surface area (Å²) in [4.78, 5) is 52.9. The van der Waals surface area contributed by atoms with Crippen molar-refractivity contribution in [2.24, 2.45) is 11.8 Å². The molecule has 3 aromatic rings. The van der Waals surface area contributed by atoms with E-state index in [2.05, 4.69) is 62.2 Å². The first-order chi connectivity index (χ1) is 24.4. The van der Waals surface area contributed by atoms with Crippen LogP contribution >= 0.6 is 0 Å². The van der Waals surface area contributed by atoms with E-state index in [1.54, 1.807) is 6.20 Å². The molecule has 1 saturated heterocycles. The lowest BCUT2D eigenvalue weighted by atomic mass is 10.00. The summed E-state index contributed by atoms with van der Waals surface area (Å²) in [6.07, 6.45) is 7.51. The SMILES string of the molecule is C=C[C@@H]1C[C@]1(NC(=O)[C@@H]1C[C@@H]2Oc3ncc(CC)c4ccc(cc34)CCCCc3cc(n[nH]3)N[C@@H](C(C)C)C(=O)N1O2)C(=O)NS(=O)(=O)C1CC1. The molecule has 2 aromatic heterocycles. The number of hydroxylamine groups is 2. The summed E-state index contributed by atoms with van der Waals surface area (Å²) < 4.78 is 33.9. The van der Waals surface area contributed by atoms with Gasteiger partial charge in [-0.15, -0.1) is 6.58 Å². The normalized spacial score (nSPS) is 26.6. The first kappa shape index (κ1) is 34.9. The molecule has 4 N–H and O–H groups in total. The maximum atomic E-state index is 14.4. The molecule has 51 heavy (non-hydrogen) atoms. The highest BCUT2D eigenvalue weighted by atomic mass is 32.2. The minimum atomic E-state index is -3.88. The summed E-state index contributed by atoms with van der Waals surface area (Å²) in [6.45, 7) is 9.59. The van der Waals surface area contributed by atoms with Crippen molar-refractivity contribution >= 4 is 44.3 Å². The van der Waals surface area contributed by atoms with E-state index in [0.717, 1.165) is 64.8 Å². The van der Waals surface area contributed by atoms with Crippen LogP contribution in [-0.2, 0) is 48.5 Å². The Morgan fingerprint density at radius 2 is 1.96 bits per heavy atom. The number of amides is 3. The average molecular weight is 720 g/mol. The second-order valence-corrected chi connectivity index (χ2v) is 16.4. The van der Waals surface area contributed by atoms with Crippen LogP contribution in [0.15, 0.2) is 43.1 Å². The van der Waals surface area contributed by atoms with Gasteiger partial charge in [0.25, 0.3) is 11.8 Å².